The number of ether oxygens (including phenoxy) is 1. The van der Waals surface area contributed by atoms with Crippen LogP contribution in [0.1, 0.15) is 25.0 Å². The van der Waals surface area contributed by atoms with Crippen molar-refractivity contribution >= 4 is 21.7 Å². The molecule has 2 rings (SSSR count). The van der Waals surface area contributed by atoms with Crippen LogP contribution >= 0.6 is 0 Å². The molecule has 0 aliphatic carbocycles. The van der Waals surface area contributed by atoms with E-state index >= 15 is 0 Å². The van der Waals surface area contributed by atoms with Gasteiger partial charge in [0.25, 0.3) is 0 Å². The molecule has 0 spiro atoms. The lowest BCUT2D eigenvalue weighted by Gasteiger charge is -2.20. The van der Waals surface area contributed by atoms with Crippen molar-refractivity contribution in [2.75, 3.05) is 23.2 Å². The Morgan fingerprint density at radius 2 is 2.14 bits per heavy atom. The van der Waals surface area contributed by atoms with Crippen LogP contribution in [0, 0.1) is 0 Å². The molecule has 1 heterocycles. The first-order valence-electron chi connectivity index (χ1n) is 7.00. The first kappa shape index (κ1) is 16.7. The van der Waals surface area contributed by atoms with E-state index in [0.29, 0.717) is 18.7 Å². The number of esters is 1. The molecule has 1 fully saturated rings. The van der Waals surface area contributed by atoms with Crippen LogP contribution in [0.5, 0.6) is 0 Å². The van der Waals surface area contributed by atoms with E-state index in [-0.39, 0.29) is 17.9 Å². The van der Waals surface area contributed by atoms with Gasteiger partial charge < -0.3 is 14.9 Å². The number of hydrogen-bond acceptors (Lipinski definition) is 6. The topological polar surface area (TPSA) is 104 Å². The fourth-order valence-electron chi connectivity index (χ4n) is 2.33. The molecule has 2 unspecified atom stereocenters. The number of nitrogens with zero attached hydrogens (tertiary/aromatic N) is 1. The van der Waals surface area contributed by atoms with Gasteiger partial charge in [-0.05, 0) is 31.0 Å². The molecule has 8 heteroatoms. The highest BCUT2D eigenvalue weighted by Crippen LogP contribution is 2.28. The van der Waals surface area contributed by atoms with Crippen LogP contribution in [0.2, 0.25) is 0 Å². The number of aliphatic hydroxyl groups excluding tert-OH is 2. The fourth-order valence-corrected chi connectivity index (χ4v) is 3.89. The number of sulfonamides is 1. The van der Waals surface area contributed by atoms with Gasteiger partial charge in [0.2, 0.25) is 10.0 Å². The summed E-state index contributed by atoms with van der Waals surface area (Å²) in [5.41, 5.74) is 0.658. The van der Waals surface area contributed by atoms with Crippen LogP contribution in [0.25, 0.3) is 0 Å². The van der Waals surface area contributed by atoms with Gasteiger partial charge in [0.15, 0.2) is 6.10 Å². The maximum Gasteiger partial charge on any atom is 0.338 e. The summed E-state index contributed by atoms with van der Waals surface area (Å²) in [6.07, 6.45) is -2.66. The molecule has 0 amide bonds. The molecular formula is C14H19NO6S. The van der Waals surface area contributed by atoms with Crippen LogP contribution in [-0.2, 0) is 19.6 Å². The predicted molar refractivity (Wildman–Crippen MR) is 79.8 cm³/mol. The van der Waals surface area contributed by atoms with E-state index in [2.05, 4.69) is 4.74 Å². The highest BCUT2D eigenvalue weighted by Gasteiger charge is 2.30. The number of hydrogen-bond donors (Lipinski definition) is 2. The van der Waals surface area contributed by atoms with Crippen molar-refractivity contribution in [2.45, 2.75) is 25.6 Å². The average molecular weight is 329 g/mol. The van der Waals surface area contributed by atoms with Gasteiger partial charge >= 0.3 is 5.97 Å². The quantitative estimate of drug-likeness (QED) is 0.747. The van der Waals surface area contributed by atoms with Gasteiger partial charge in [0.05, 0.1) is 18.0 Å². The Hall–Kier alpha value is -1.64. The Balaban J connectivity index is 2.23. The predicted octanol–water partition coefficient (Wildman–Crippen LogP) is 0.184. The molecule has 0 bridgehead atoms. The number of carbonyl (C=O) groups is 1. The van der Waals surface area contributed by atoms with Crippen LogP contribution in [0.4, 0.5) is 5.69 Å². The van der Waals surface area contributed by atoms with Gasteiger partial charge in [0, 0.05) is 6.54 Å². The third kappa shape index (κ3) is 3.40. The number of anilines is 1. The lowest BCUT2D eigenvalue weighted by Crippen LogP contribution is -2.30. The molecule has 0 radical (unpaired) electrons. The minimum atomic E-state index is -3.33. The van der Waals surface area contributed by atoms with E-state index in [9.17, 15) is 23.4 Å². The molecule has 1 aliphatic rings. The van der Waals surface area contributed by atoms with Gasteiger partial charge in [-0.3, -0.25) is 4.31 Å². The molecule has 2 N–H and O–H groups in total. The third-order valence-corrected chi connectivity index (χ3v) is 5.30. The summed E-state index contributed by atoms with van der Waals surface area (Å²) >= 11 is 0. The van der Waals surface area contributed by atoms with Crippen molar-refractivity contribution in [1.82, 2.24) is 0 Å². The number of rotatable bonds is 5. The summed E-state index contributed by atoms with van der Waals surface area (Å²) in [6.45, 7) is 2.06. The molecule has 122 valence electrons. The zero-order chi connectivity index (χ0) is 16.3. The Morgan fingerprint density at radius 1 is 1.41 bits per heavy atom. The lowest BCUT2D eigenvalue weighted by molar-refractivity contribution is -0.159. The second-order valence-electron chi connectivity index (χ2n) is 4.98. The Bertz CT molecular complexity index is 644. The van der Waals surface area contributed by atoms with Crippen LogP contribution in [-0.4, -0.2) is 49.6 Å². The van der Waals surface area contributed by atoms with E-state index in [0.717, 1.165) is 0 Å². The number of benzene rings is 1. The van der Waals surface area contributed by atoms with Crippen LogP contribution in [0.15, 0.2) is 24.3 Å². The van der Waals surface area contributed by atoms with Crippen molar-refractivity contribution in [3.8, 4) is 0 Å². The zero-order valence-corrected chi connectivity index (χ0v) is 13.0. The van der Waals surface area contributed by atoms with Gasteiger partial charge in [-0.1, -0.05) is 12.1 Å². The molecule has 1 saturated heterocycles. The van der Waals surface area contributed by atoms with Gasteiger partial charge in [-0.2, -0.15) is 0 Å². The fraction of sp³-hybridized carbons (Fsp3) is 0.500. The summed E-state index contributed by atoms with van der Waals surface area (Å²) in [4.78, 5) is 11.5. The third-order valence-electron chi connectivity index (χ3n) is 3.43. The van der Waals surface area contributed by atoms with Crippen LogP contribution < -0.4 is 4.31 Å². The summed E-state index contributed by atoms with van der Waals surface area (Å²) < 4.78 is 29.7. The van der Waals surface area contributed by atoms with Gasteiger partial charge in [0.1, 0.15) is 6.10 Å². The van der Waals surface area contributed by atoms with E-state index in [1.165, 1.54) is 16.4 Å². The SMILES string of the molecule is CCOC(=O)C(O)C(O)c1cccc(N2CCCS2(=O)=O)c1. The highest BCUT2D eigenvalue weighted by molar-refractivity contribution is 7.93. The Kier molecular flexibility index (Phi) is 5.05. The number of carbonyl (C=O) groups excluding carboxylic acids is 1. The van der Waals surface area contributed by atoms with Crippen molar-refractivity contribution in [1.29, 1.82) is 0 Å². The minimum absolute atomic E-state index is 0.0885. The van der Waals surface area contributed by atoms with E-state index in [1.807, 2.05) is 0 Å². The maximum atomic E-state index is 11.9. The van der Waals surface area contributed by atoms with E-state index in [1.54, 1.807) is 19.1 Å². The first-order valence-corrected chi connectivity index (χ1v) is 8.61. The second kappa shape index (κ2) is 6.64. The molecular weight excluding hydrogens is 310 g/mol. The van der Waals surface area contributed by atoms with Crippen LogP contribution in [0.3, 0.4) is 0 Å². The molecule has 0 saturated carbocycles. The van der Waals surface area contributed by atoms with Crippen molar-refractivity contribution in [2.24, 2.45) is 0 Å². The zero-order valence-electron chi connectivity index (χ0n) is 12.2. The largest absolute Gasteiger partial charge is 0.464 e. The standard InChI is InChI=1S/C14H19NO6S/c1-2-21-14(18)13(17)12(16)10-5-3-6-11(9-10)15-7-4-8-22(15,19)20/h3,5-6,9,12-13,16-17H,2,4,7-8H2,1H3. The monoisotopic (exact) mass is 329 g/mol. The summed E-state index contributed by atoms with van der Waals surface area (Å²) in [5.74, 6) is -0.834. The second-order valence-corrected chi connectivity index (χ2v) is 6.99. The minimum Gasteiger partial charge on any atom is -0.464 e. The summed E-state index contributed by atoms with van der Waals surface area (Å²) in [5, 5.41) is 19.8. The van der Waals surface area contributed by atoms with Gasteiger partial charge in [-0.15, -0.1) is 0 Å². The van der Waals surface area contributed by atoms with E-state index < -0.39 is 28.2 Å². The molecule has 22 heavy (non-hydrogen) atoms. The highest BCUT2D eigenvalue weighted by atomic mass is 32.2. The normalized spacial score (nSPS) is 19.7. The summed E-state index contributed by atoms with van der Waals surface area (Å²) in [6, 6.07) is 6.14. The van der Waals surface area contributed by atoms with Crippen molar-refractivity contribution in [3.05, 3.63) is 29.8 Å². The molecule has 1 aromatic carbocycles. The Labute approximate surface area is 129 Å². The number of aliphatic hydroxyl groups is 2. The smallest absolute Gasteiger partial charge is 0.338 e. The van der Waals surface area contributed by atoms with Gasteiger partial charge in [-0.25, -0.2) is 13.2 Å². The van der Waals surface area contributed by atoms with Crippen molar-refractivity contribution in [3.63, 3.8) is 0 Å². The Morgan fingerprint density at radius 3 is 2.73 bits per heavy atom. The first-order chi connectivity index (χ1) is 10.4. The molecule has 1 aliphatic heterocycles. The summed E-state index contributed by atoms with van der Waals surface area (Å²) in [7, 11) is -3.33. The molecule has 0 aromatic heterocycles. The molecule has 1 aromatic rings. The average Bonchev–Trinajstić information content (AvgIpc) is 2.85. The maximum absolute atomic E-state index is 11.9. The van der Waals surface area contributed by atoms with E-state index in [4.69, 9.17) is 0 Å². The lowest BCUT2D eigenvalue weighted by atomic mass is 10.0. The molecule has 2 atom stereocenters. The van der Waals surface area contributed by atoms with Crippen molar-refractivity contribution < 1.29 is 28.2 Å². The molecule has 7 nitrogen and oxygen atoms in total.